The minimum absolute atomic E-state index is 0. The molecule has 0 aliphatic rings. The Kier molecular flexibility index (Phi) is 9.77. The van der Waals surface area contributed by atoms with Crippen LogP contribution in [0.25, 0.3) is 0 Å². The first-order valence-electron chi connectivity index (χ1n) is 2.42. The Bertz CT molecular complexity index is 213. The molecule has 0 saturated carbocycles. The summed E-state index contributed by atoms with van der Waals surface area (Å²) in [6, 6.07) is 0. The van der Waals surface area contributed by atoms with Crippen LogP contribution in [0, 0.1) is 0 Å². The van der Waals surface area contributed by atoms with Crippen LogP contribution in [0.3, 0.4) is 0 Å². The van der Waals surface area contributed by atoms with E-state index in [2.05, 4.69) is 0 Å². The molecule has 0 rings (SSSR count). The Labute approximate surface area is 111 Å². The third kappa shape index (κ3) is 14.5. The molecule has 1 atom stereocenters. The van der Waals surface area contributed by atoms with Crippen LogP contribution in [-0.2, 0) is 21.1 Å². The number of hydrogen-bond donors (Lipinski definition) is 1. The summed E-state index contributed by atoms with van der Waals surface area (Å²) in [5.41, 5.74) is 0. The molecule has 0 heterocycles. The van der Waals surface area contributed by atoms with Gasteiger partial charge in [0.2, 0.25) is 10.0 Å². The Morgan fingerprint density at radius 1 is 1.55 bits per heavy atom. The summed E-state index contributed by atoms with van der Waals surface area (Å²) < 4.78 is 42.3. The maximum absolute atomic E-state index is 10.3. The maximum atomic E-state index is 10.3. The smallest absolute Gasteiger partial charge is 0.772 e. The van der Waals surface area contributed by atoms with E-state index >= 15 is 0 Å². The summed E-state index contributed by atoms with van der Waals surface area (Å²) >= 11 is -2.18. The van der Waals surface area contributed by atoms with E-state index in [4.69, 9.17) is 0 Å². The third-order valence-electron chi connectivity index (χ3n) is 0.633. The van der Waals surface area contributed by atoms with Crippen molar-refractivity contribution >= 4 is 21.1 Å². The number of rotatable bonds is 4. The van der Waals surface area contributed by atoms with E-state index in [-0.39, 0.29) is 63.7 Å². The summed E-state index contributed by atoms with van der Waals surface area (Å²) in [4.78, 5) is 0. The van der Waals surface area contributed by atoms with E-state index in [0.29, 0.717) is 0 Å². The number of nitrogens with one attached hydrogen (secondary N) is 1. The van der Waals surface area contributed by atoms with Crippen molar-refractivity contribution in [1.82, 2.24) is 4.72 Å². The van der Waals surface area contributed by atoms with Gasteiger partial charge in [-0.1, -0.05) is 11.1 Å². The minimum atomic E-state index is -3.24. The quantitative estimate of drug-likeness (QED) is 0.385. The van der Waals surface area contributed by atoms with E-state index in [1.165, 1.54) is 0 Å². The predicted octanol–water partition coefficient (Wildman–Crippen LogP) is -4.58. The van der Waals surface area contributed by atoms with Crippen molar-refractivity contribution in [3.05, 3.63) is 0 Å². The zero-order chi connectivity index (χ0) is 8.20. The van der Waals surface area contributed by atoms with Crippen LogP contribution in [0.1, 0.15) is 0 Å². The van der Waals surface area contributed by atoms with Gasteiger partial charge in [-0.25, -0.2) is 13.1 Å². The molecule has 0 bridgehead atoms. The topological polar surface area (TPSA) is 86.3 Å². The van der Waals surface area contributed by atoms with Crippen molar-refractivity contribution in [3.63, 3.8) is 0 Å². The predicted molar refractivity (Wildman–Crippen MR) is 36.6 cm³/mol. The molecule has 1 unspecified atom stereocenters. The summed E-state index contributed by atoms with van der Waals surface area (Å²) in [5, 5.41) is 0. The van der Waals surface area contributed by atoms with Gasteiger partial charge in [0, 0.05) is 12.3 Å². The van der Waals surface area contributed by atoms with Crippen molar-refractivity contribution in [2.45, 2.75) is 0 Å². The van der Waals surface area contributed by atoms with Crippen molar-refractivity contribution < 1.29 is 68.6 Å². The van der Waals surface area contributed by atoms with Crippen molar-refractivity contribution in [2.24, 2.45) is 0 Å². The summed E-state index contributed by atoms with van der Waals surface area (Å²) in [6.07, 6.45) is 0.973. The molecule has 0 saturated heterocycles. The molecule has 8 heteroatoms. The normalized spacial score (nSPS) is 13.6. The average Bonchev–Trinajstić information content (AvgIpc) is 1.59. The van der Waals surface area contributed by atoms with Gasteiger partial charge >= 0.3 is 51.4 Å². The molecule has 5 nitrogen and oxygen atoms in total. The fraction of sp³-hybridized carbons (Fsp3) is 1.00. The molecule has 0 aliphatic heterocycles. The first-order valence-corrected chi connectivity index (χ1v) is 5.56. The van der Waals surface area contributed by atoms with Gasteiger partial charge in [0.15, 0.2) is 0 Å². The second-order valence-electron chi connectivity index (χ2n) is 1.67. The van der Waals surface area contributed by atoms with Crippen LogP contribution in [0.2, 0.25) is 0 Å². The second kappa shape index (κ2) is 7.10. The van der Waals surface area contributed by atoms with Gasteiger partial charge < -0.3 is 4.55 Å². The summed E-state index contributed by atoms with van der Waals surface area (Å²) in [7, 11) is -3.24. The fourth-order valence-corrected chi connectivity index (χ4v) is 1.18. The van der Waals surface area contributed by atoms with Gasteiger partial charge in [0.1, 0.15) is 0 Å². The molecular formula is C3H8KNO4S2. The summed E-state index contributed by atoms with van der Waals surface area (Å²) in [5.74, 6) is -0.187. The molecular weight excluding hydrogens is 217 g/mol. The molecule has 11 heavy (non-hydrogen) atoms. The van der Waals surface area contributed by atoms with Gasteiger partial charge in [-0.05, 0) is 0 Å². The Morgan fingerprint density at radius 3 is 2.27 bits per heavy atom. The maximum Gasteiger partial charge on any atom is 1.00 e. The largest absolute Gasteiger partial charge is 1.00 e. The van der Waals surface area contributed by atoms with Gasteiger partial charge in [-0.2, -0.15) is 0 Å². The van der Waals surface area contributed by atoms with E-state index in [1.54, 1.807) is 0 Å². The monoisotopic (exact) mass is 225 g/mol. The van der Waals surface area contributed by atoms with Gasteiger partial charge in [0.25, 0.3) is 0 Å². The zero-order valence-corrected chi connectivity index (χ0v) is 11.1. The average molecular weight is 225 g/mol. The first kappa shape index (κ1) is 15.1. The molecule has 0 aromatic carbocycles. The van der Waals surface area contributed by atoms with Crippen LogP contribution in [0.4, 0.5) is 0 Å². The van der Waals surface area contributed by atoms with E-state index < -0.39 is 21.1 Å². The Balaban J connectivity index is 0. The molecule has 0 fully saturated rings. The van der Waals surface area contributed by atoms with Crippen LogP contribution in [-0.4, -0.2) is 35.7 Å². The molecule has 0 aliphatic carbocycles. The Morgan fingerprint density at radius 2 is 2.00 bits per heavy atom. The van der Waals surface area contributed by atoms with Gasteiger partial charge in [0.05, 0.1) is 6.26 Å². The summed E-state index contributed by atoms with van der Waals surface area (Å²) in [6.45, 7) is -0.0606. The minimum Gasteiger partial charge on any atom is -0.772 e. The van der Waals surface area contributed by atoms with Crippen molar-refractivity contribution in [1.29, 1.82) is 0 Å². The number of hydrogen-bond acceptors (Lipinski definition) is 4. The van der Waals surface area contributed by atoms with Crippen molar-refractivity contribution in [2.75, 3.05) is 18.6 Å². The third-order valence-corrected chi connectivity index (χ3v) is 1.90. The van der Waals surface area contributed by atoms with Crippen LogP contribution in [0.5, 0.6) is 0 Å². The standard InChI is InChI=1S/C3H9NO4S2.K/c1-10(7,8)4-2-3-9(5)6;/h4H,2-3H2,1H3,(H,5,6);/q;+1/p-1. The molecule has 62 valence electrons. The van der Waals surface area contributed by atoms with Crippen LogP contribution >= 0.6 is 0 Å². The van der Waals surface area contributed by atoms with E-state index in [9.17, 15) is 17.2 Å². The molecule has 0 radical (unpaired) electrons. The SMILES string of the molecule is CS(=O)(=O)NCCS(=O)[O-].[K+]. The molecule has 0 aromatic rings. The molecule has 0 aromatic heterocycles. The molecule has 0 amide bonds. The van der Waals surface area contributed by atoms with Crippen molar-refractivity contribution in [3.8, 4) is 0 Å². The molecule has 0 spiro atoms. The second-order valence-corrected chi connectivity index (χ2v) is 4.52. The Hall–Kier alpha value is 1.66. The number of sulfonamides is 1. The van der Waals surface area contributed by atoms with E-state index in [1.807, 2.05) is 4.72 Å². The fourth-order valence-electron chi connectivity index (χ4n) is 0.310. The first-order chi connectivity index (χ1) is 4.42. The van der Waals surface area contributed by atoms with Gasteiger partial charge in [-0.3, -0.25) is 4.21 Å². The van der Waals surface area contributed by atoms with E-state index in [0.717, 1.165) is 6.26 Å². The molecule has 1 N–H and O–H groups in total. The van der Waals surface area contributed by atoms with Gasteiger partial charge in [-0.15, -0.1) is 0 Å². The zero-order valence-electron chi connectivity index (χ0n) is 6.36. The van der Waals surface area contributed by atoms with Crippen LogP contribution < -0.4 is 56.1 Å². The van der Waals surface area contributed by atoms with Crippen LogP contribution in [0.15, 0.2) is 0 Å².